The van der Waals surface area contributed by atoms with E-state index in [0.29, 0.717) is 6.04 Å². The van der Waals surface area contributed by atoms with Gasteiger partial charge in [-0.2, -0.15) is 0 Å². The Labute approximate surface area is 78.1 Å². The molecule has 0 aromatic heterocycles. The van der Waals surface area contributed by atoms with E-state index < -0.39 is 0 Å². The molecule has 0 aromatic rings. The molecule has 0 fully saturated rings. The molecule has 0 aliphatic heterocycles. The van der Waals surface area contributed by atoms with Crippen molar-refractivity contribution in [2.75, 3.05) is 13.1 Å². The Morgan fingerprint density at radius 1 is 1.00 bits per heavy atom. The highest BCUT2D eigenvalue weighted by molar-refractivity contribution is 4.66. The summed E-state index contributed by atoms with van der Waals surface area (Å²) < 4.78 is 0. The fourth-order valence-electron chi connectivity index (χ4n) is 1.29. The molecular formula is C11H25N. The molecule has 0 aliphatic carbocycles. The fourth-order valence-corrected chi connectivity index (χ4v) is 1.29. The van der Waals surface area contributed by atoms with Crippen LogP contribution in [0.3, 0.4) is 0 Å². The molecule has 0 aromatic carbocycles. The van der Waals surface area contributed by atoms with Crippen molar-refractivity contribution in [3.05, 3.63) is 0 Å². The lowest BCUT2D eigenvalue weighted by atomic mass is 9.97. The minimum Gasteiger partial charge on any atom is -0.301 e. The first-order valence-corrected chi connectivity index (χ1v) is 5.23. The predicted molar refractivity (Wildman–Crippen MR) is 56.4 cm³/mol. The molecule has 0 rings (SSSR count). The van der Waals surface area contributed by atoms with Gasteiger partial charge in [0, 0.05) is 12.6 Å². The van der Waals surface area contributed by atoms with E-state index in [2.05, 4.69) is 46.4 Å². The predicted octanol–water partition coefficient (Wildman–Crippen LogP) is 3.01. The zero-order chi connectivity index (χ0) is 9.72. The maximum atomic E-state index is 2.53. The SMILES string of the molecule is CCN(C[C@H](C)C(C)C)C(C)C. The zero-order valence-electron chi connectivity index (χ0n) is 9.59. The van der Waals surface area contributed by atoms with Crippen LogP contribution >= 0.6 is 0 Å². The standard InChI is InChI=1S/C11H25N/c1-7-12(10(4)5)8-11(6)9(2)3/h9-11H,7-8H2,1-6H3/t11-/m0/s1. The van der Waals surface area contributed by atoms with Crippen molar-refractivity contribution >= 4 is 0 Å². The molecule has 74 valence electrons. The minimum atomic E-state index is 0.691. The highest BCUT2D eigenvalue weighted by atomic mass is 15.1. The lowest BCUT2D eigenvalue weighted by molar-refractivity contribution is 0.181. The number of hydrogen-bond donors (Lipinski definition) is 0. The average molecular weight is 171 g/mol. The van der Waals surface area contributed by atoms with E-state index in [0.717, 1.165) is 11.8 Å². The summed E-state index contributed by atoms with van der Waals surface area (Å²) in [6.07, 6.45) is 0. The quantitative estimate of drug-likeness (QED) is 0.614. The van der Waals surface area contributed by atoms with Crippen molar-refractivity contribution in [1.82, 2.24) is 4.90 Å². The Balaban J connectivity index is 3.85. The third-order valence-corrected chi connectivity index (χ3v) is 2.80. The van der Waals surface area contributed by atoms with Gasteiger partial charge in [-0.3, -0.25) is 0 Å². The molecule has 0 heterocycles. The summed E-state index contributed by atoms with van der Waals surface area (Å²) in [5, 5.41) is 0. The lowest BCUT2D eigenvalue weighted by Gasteiger charge is -2.29. The Kier molecular flexibility index (Phi) is 5.56. The van der Waals surface area contributed by atoms with Crippen LogP contribution in [0.5, 0.6) is 0 Å². The molecule has 0 unspecified atom stereocenters. The van der Waals surface area contributed by atoms with E-state index in [-0.39, 0.29) is 0 Å². The van der Waals surface area contributed by atoms with Crippen molar-refractivity contribution < 1.29 is 0 Å². The van der Waals surface area contributed by atoms with Crippen molar-refractivity contribution in [2.45, 2.75) is 47.6 Å². The van der Waals surface area contributed by atoms with Crippen LogP contribution in [0.2, 0.25) is 0 Å². The second-order valence-corrected chi connectivity index (χ2v) is 4.40. The van der Waals surface area contributed by atoms with Gasteiger partial charge in [0.25, 0.3) is 0 Å². The molecule has 0 bridgehead atoms. The minimum absolute atomic E-state index is 0.691. The smallest absolute Gasteiger partial charge is 0.00385 e. The van der Waals surface area contributed by atoms with Gasteiger partial charge in [-0.1, -0.05) is 27.7 Å². The summed E-state index contributed by atoms with van der Waals surface area (Å²) >= 11 is 0. The van der Waals surface area contributed by atoms with Gasteiger partial charge in [-0.05, 0) is 32.2 Å². The van der Waals surface area contributed by atoms with Crippen LogP contribution in [0.1, 0.15) is 41.5 Å². The van der Waals surface area contributed by atoms with Crippen molar-refractivity contribution in [1.29, 1.82) is 0 Å². The second-order valence-electron chi connectivity index (χ2n) is 4.40. The molecule has 0 amide bonds. The lowest BCUT2D eigenvalue weighted by Crippen LogP contribution is -2.35. The van der Waals surface area contributed by atoms with Crippen LogP contribution in [0.15, 0.2) is 0 Å². The van der Waals surface area contributed by atoms with Crippen LogP contribution in [0.25, 0.3) is 0 Å². The molecule has 0 aliphatic rings. The van der Waals surface area contributed by atoms with E-state index in [1.807, 2.05) is 0 Å². The maximum absolute atomic E-state index is 2.53. The van der Waals surface area contributed by atoms with E-state index in [9.17, 15) is 0 Å². The van der Waals surface area contributed by atoms with E-state index >= 15 is 0 Å². The molecule has 0 radical (unpaired) electrons. The summed E-state index contributed by atoms with van der Waals surface area (Å²) in [6, 6.07) is 0.691. The average Bonchev–Trinajstić information content (AvgIpc) is 1.98. The molecule has 1 heteroatoms. The largest absolute Gasteiger partial charge is 0.301 e. The van der Waals surface area contributed by atoms with Gasteiger partial charge in [-0.25, -0.2) is 0 Å². The van der Waals surface area contributed by atoms with Gasteiger partial charge >= 0.3 is 0 Å². The molecule has 1 nitrogen and oxygen atoms in total. The molecule has 0 saturated heterocycles. The van der Waals surface area contributed by atoms with Crippen molar-refractivity contribution in [3.8, 4) is 0 Å². The normalized spacial score (nSPS) is 14.8. The number of nitrogens with zero attached hydrogens (tertiary/aromatic N) is 1. The Morgan fingerprint density at radius 3 is 1.75 bits per heavy atom. The van der Waals surface area contributed by atoms with Crippen molar-refractivity contribution in [3.63, 3.8) is 0 Å². The van der Waals surface area contributed by atoms with Crippen LogP contribution in [0, 0.1) is 11.8 Å². The first-order chi connectivity index (χ1) is 5.49. The first kappa shape index (κ1) is 12.0. The van der Waals surface area contributed by atoms with Crippen LogP contribution in [-0.4, -0.2) is 24.0 Å². The highest BCUT2D eigenvalue weighted by Gasteiger charge is 2.13. The summed E-state index contributed by atoms with van der Waals surface area (Å²) in [5.74, 6) is 1.62. The molecule has 12 heavy (non-hydrogen) atoms. The summed E-state index contributed by atoms with van der Waals surface area (Å²) in [6.45, 7) is 16.2. The van der Waals surface area contributed by atoms with Crippen LogP contribution in [0.4, 0.5) is 0 Å². The van der Waals surface area contributed by atoms with Gasteiger partial charge in [0.05, 0.1) is 0 Å². The Hall–Kier alpha value is -0.0400. The molecule has 0 saturated carbocycles. The molecule has 0 spiro atoms. The van der Waals surface area contributed by atoms with Gasteiger partial charge in [0.15, 0.2) is 0 Å². The van der Waals surface area contributed by atoms with Gasteiger partial charge < -0.3 is 4.90 Å². The topological polar surface area (TPSA) is 3.24 Å². The van der Waals surface area contributed by atoms with Crippen LogP contribution in [-0.2, 0) is 0 Å². The maximum Gasteiger partial charge on any atom is 0.00385 e. The van der Waals surface area contributed by atoms with E-state index in [1.165, 1.54) is 13.1 Å². The Bertz CT molecular complexity index is 108. The number of hydrogen-bond acceptors (Lipinski definition) is 1. The van der Waals surface area contributed by atoms with Gasteiger partial charge in [0.2, 0.25) is 0 Å². The van der Waals surface area contributed by atoms with Crippen molar-refractivity contribution in [2.24, 2.45) is 11.8 Å². The third-order valence-electron chi connectivity index (χ3n) is 2.80. The zero-order valence-corrected chi connectivity index (χ0v) is 9.59. The molecule has 0 N–H and O–H groups in total. The summed E-state index contributed by atoms with van der Waals surface area (Å²) in [4.78, 5) is 2.53. The fraction of sp³-hybridized carbons (Fsp3) is 1.00. The monoisotopic (exact) mass is 171 g/mol. The Morgan fingerprint density at radius 2 is 1.50 bits per heavy atom. The first-order valence-electron chi connectivity index (χ1n) is 5.23. The molecule has 1 atom stereocenters. The second kappa shape index (κ2) is 5.58. The third kappa shape index (κ3) is 4.10. The van der Waals surface area contributed by atoms with Crippen LogP contribution < -0.4 is 0 Å². The van der Waals surface area contributed by atoms with E-state index in [1.54, 1.807) is 0 Å². The van der Waals surface area contributed by atoms with Gasteiger partial charge in [-0.15, -0.1) is 0 Å². The number of rotatable bonds is 5. The summed E-state index contributed by atoms with van der Waals surface area (Å²) in [5.41, 5.74) is 0. The molecular weight excluding hydrogens is 146 g/mol. The van der Waals surface area contributed by atoms with E-state index in [4.69, 9.17) is 0 Å². The van der Waals surface area contributed by atoms with Gasteiger partial charge in [0.1, 0.15) is 0 Å². The highest BCUT2D eigenvalue weighted by Crippen LogP contribution is 2.12. The summed E-state index contributed by atoms with van der Waals surface area (Å²) in [7, 11) is 0.